The highest BCUT2D eigenvalue weighted by Gasteiger charge is 2.36. The van der Waals surface area contributed by atoms with Crippen LogP contribution >= 0.6 is 0 Å². The van der Waals surface area contributed by atoms with Crippen molar-refractivity contribution in [1.82, 2.24) is 0 Å². The van der Waals surface area contributed by atoms with Crippen LogP contribution in [-0.2, 0) is 18.8 Å². The molecule has 4 nitrogen and oxygen atoms in total. The summed E-state index contributed by atoms with van der Waals surface area (Å²) in [6.07, 6.45) is 11.6. The monoisotopic (exact) mass is 412 g/mol. The minimum atomic E-state index is -2.04. The van der Waals surface area contributed by atoms with Crippen LogP contribution in [0.1, 0.15) is 98.3 Å². The van der Waals surface area contributed by atoms with Crippen molar-refractivity contribution in [3.05, 3.63) is 12.2 Å². The quantitative estimate of drug-likeness (QED) is 0.106. The van der Waals surface area contributed by atoms with Gasteiger partial charge < -0.3 is 9.16 Å². The summed E-state index contributed by atoms with van der Waals surface area (Å²) in [5.74, 6) is -0.488. The molecule has 0 saturated carbocycles. The van der Waals surface area contributed by atoms with Gasteiger partial charge in [0.15, 0.2) is 0 Å². The van der Waals surface area contributed by atoms with Crippen molar-refractivity contribution in [3.63, 3.8) is 0 Å². The summed E-state index contributed by atoms with van der Waals surface area (Å²) in [5.41, 5.74) is 0.386. The lowest BCUT2D eigenvalue weighted by molar-refractivity contribution is -0.141. The minimum Gasteiger partial charge on any atom is -0.519 e. The van der Waals surface area contributed by atoms with Gasteiger partial charge in [-0.05, 0) is 31.5 Å². The summed E-state index contributed by atoms with van der Waals surface area (Å²) in [6.45, 7) is 12.1. The van der Waals surface area contributed by atoms with Crippen LogP contribution < -0.4 is 0 Å². The second-order valence-electron chi connectivity index (χ2n) is 8.05. The number of unbranched alkanes of at least 4 members (excludes halogenated alkanes) is 6. The Labute approximate surface area is 174 Å². The van der Waals surface area contributed by atoms with E-state index in [1.807, 2.05) is 0 Å². The van der Waals surface area contributed by atoms with Crippen molar-refractivity contribution < 1.29 is 18.8 Å². The highest BCUT2D eigenvalue weighted by molar-refractivity contribution is 6.75. The molecule has 0 rings (SSSR count). The Kier molecular flexibility index (Phi) is 16.2. The van der Waals surface area contributed by atoms with Crippen molar-refractivity contribution >= 4 is 20.3 Å². The maximum Gasteiger partial charge on any atom is 0.333 e. The van der Waals surface area contributed by atoms with E-state index in [0.29, 0.717) is 18.4 Å². The van der Waals surface area contributed by atoms with Crippen molar-refractivity contribution in [1.29, 1.82) is 0 Å². The van der Waals surface area contributed by atoms with Crippen LogP contribution in [0.3, 0.4) is 0 Å². The molecule has 0 aromatic heterocycles. The van der Waals surface area contributed by atoms with Crippen molar-refractivity contribution in [2.24, 2.45) is 0 Å². The van der Waals surface area contributed by atoms with Crippen molar-refractivity contribution in [3.8, 4) is 0 Å². The fourth-order valence-electron chi connectivity index (χ4n) is 3.42. The zero-order chi connectivity index (χ0) is 21.3. The highest BCUT2D eigenvalue weighted by atomic mass is 28.4. The molecular weight excluding hydrogens is 368 g/mol. The molecule has 0 aliphatic rings. The fourth-order valence-corrected chi connectivity index (χ4v) is 7.74. The largest absolute Gasteiger partial charge is 0.519 e. The molecule has 0 aliphatic heterocycles. The van der Waals surface area contributed by atoms with Gasteiger partial charge in [0.05, 0.1) is 6.61 Å². The number of rotatable bonds is 18. The van der Waals surface area contributed by atoms with E-state index in [9.17, 15) is 9.59 Å². The number of hydrogen-bond acceptors (Lipinski definition) is 4. The van der Waals surface area contributed by atoms with Gasteiger partial charge in [0.2, 0.25) is 0 Å². The summed E-state index contributed by atoms with van der Waals surface area (Å²) >= 11 is 0. The first-order valence-corrected chi connectivity index (χ1v) is 14.0. The second-order valence-corrected chi connectivity index (χ2v) is 12.1. The average Bonchev–Trinajstić information content (AvgIpc) is 2.65. The molecule has 0 aromatic rings. The van der Waals surface area contributed by atoms with Gasteiger partial charge in [-0.15, -0.1) is 0 Å². The summed E-state index contributed by atoms with van der Waals surface area (Å²) in [6, 6.07) is 3.31. The minimum absolute atomic E-state index is 0.0949. The smallest absolute Gasteiger partial charge is 0.333 e. The van der Waals surface area contributed by atoms with Crippen LogP contribution in [0.4, 0.5) is 0 Å². The van der Waals surface area contributed by atoms with E-state index in [1.165, 1.54) is 57.8 Å². The Morgan fingerprint density at radius 2 is 1.25 bits per heavy atom. The normalized spacial score (nSPS) is 11.3. The Hall–Kier alpha value is -1.10. The third-order valence-electron chi connectivity index (χ3n) is 5.15. The molecular formula is C23H44O4Si. The first kappa shape index (κ1) is 26.9. The third-order valence-corrected chi connectivity index (χ3v) is 9.60. The van der Waals surface area contributed by atoms with Crippen LogP contribution in [0.2, 0.25) is 18.1 Å². The summed E-state index contributed by atoms with van der Waals surface area (Å²) in [7, 11) is -2.04. The molecule has 0 spiro atoms. The molecule has 0 N–H and O–H groups in total. The van der Waals surface area contributed by atoms with E-state index >= 15 is 0 Å². The maximum atomic E-state index is 12.6. The van der Waals surface area contributed by atoms with Gasteiger partial charge in [0, 0.05) is 12.0 Å². The van der Waals surface area contributed by atoms with Gasteiger partial charge in [-0.1, -0.05) is 85.1 Å². The Balaban J connectivity index is 4.78. The maximum absolute atomic E-state index is 12.6. The van der Waals surface area contributed by atoms with E-state index in [0.717, 1.165) is 18.1 Å². The van der Waals surface area contributed by atoms with Crippen molar-refractivity contribution in [2.45, 2.75) is 116 Å². The molecule has 0 atom stereocenters. The van der Waals surface area contributed by atoms with Gasteiger partial charge in [0.1, 0.15) is 0 Å². The van der Waals surface area contributed by atoms with E-state index in [4.69, 9.17) is 9.16 Å². The predicted molar refractivity (Wildman–Crippen MR) is 120 cm³/mol. The number of carbonyl (C=O) groups is 2. The molecule has 0 radical (unpaired) electrons. The fraction of sp³-hybridized carbons (Fsp3) is 0.826. The van der Waals surface area contributed by atoms with Gasteiger partial charge in [-0.3, -0.25) is 4.79 Å². The van der Waals surface area contributed by atoms with Gasteiger partial charge in [-0.2, -0.15) is 0 Å². The van der Waals surface area contributed by atoms with E-state index in [2.05, 4.69) is 27.4 Å². The predicted octanol–water partition coefficient (Wildman–Crippen LogP) is 6.95. The van der Waals surface area contributed by atoms with E-state index in [1.54, 1.807) is 6.92 Å². The number of esters is 1. The molecule has 0 fully saturated rings. The van der Waals surface area contributed by atoms with Crippen LogP contribution in [0.25, 0.3) is 0 Å². The lowest BCUT2D eigenvalue weighted by Crippen LogP contribution is -2.40. The van der Waals surface area contributed by atoms with Gasteiger partial charge in [-0.25, -0.2) is 4.79 Å². The average molecular weight is 413 g/mol. The lowest BCUT2D eigenvalue weighted by Gasteiger charge is -2.32. The number of carbonyl (C=O) groups excluding carboxylic acids is 2. The topological polar surface area (TPSA) is 52.6 Å². The van der Waals surface area contributed by atoms with Crippen LogP contribution in [0.15, 0.2) is 12.2 Å². The Bertz CT molecular complexity index is 421. The van der Waals surface area contributed by atoms with E-state index < -0.39 is 14.3 Å². The standard InChI is InChI=1S/C23H44O4Si/c1-6-9-12-18-28(19-13-10-7-2,20-14-11-8-3)27-22(24)16-15-17-26-23(25)21(4)5/h4,6-20H2,1-3,5H3. The van der Waals surface area contributed by atoms with Crippen LogP contribution in [0, 0.1) is 0 Å². The van der Waals surface area contributed by atoms with E-state index in [-0.39, 0.29) is 12.6 Å². The first-order valence-electron chi connectivity index (χ1n) is 11.4. The Morgan fingerprint density at radius 1 is 0.786 bits per heavy atom. The molecule has 28 heavy (non-hydrogen) atoms. The molecule has 164 valence electrons. The molecule has 0 bridgehead atoms. The highest BCUT2D eigenvalue weighted by Crippen LogP contribution is 2.31. The summed E-state index contributed by atoms with van der Waals surface area (Å²) < 4.78 is 11.4. The molecule has 0 amide bonds. The Morgan fingerprint density at radius 3 is 1.64 bits per heavy atom. The third kappa shape index (κ3) is 13.1. The zero-order valence-electron chi connectivity index (χ0n) is 18.9. The number of hydrogen-bond donors (Lipinski definition) is 0. The first-order chi connectivity index (χ1) is 13.4. The molecule has 5 heteroatoms. The van der Waals surface area contributed by atoms with Gasteiger partial charge >= 0.3 is 5.97 Å². The lowest BCUT2D eigenvalue weighted by atomic mass is 10.3. The molecule has 0 heterocycles. The molecule has 0 saturated heterocycles. The van der Waals surface area contributed by atoms with Crippen LogP contribution in [0.5, 0.6) is 0 Å². The SMILES string of the molecule is C=C(C)C(=O)OCCCC(=O)O[Si](CCCCC)(CCCCC)CCCCC. The van der Waals surface area contributed by atoms with Crippen LogP contribution in [-0.4, -0.2) is 26.9 Å². The molecule has 0 aliphatic carbocycles. The zero-order valence-corrected chi connectivity index (χ0v) is 19.9. The molecule has 0 unspecified atom stereocenters. The second kappa shape index (κ2) is 16.8. The van der Waals surface area contributed by atoms with Crippen molar-refractivity contribution in [2.75, 3.05) is 6.61 Å². The summed E-state index contributed by atoms with van der Waals surface area (Å²) in [5, 5.41) is 0. The molecule has 0 aromatic carbocycles. The van der Waals surface area contributed by atoms with Gasteiger partial charge in [0.25, 0.3) is 14.3 Å². The summed E-state index contributed by atoms with van der Waals surface area (Å²) in [4.78, 5) is 24.0. The number of ether oxygens (including phenoxy) is 1.